The standard InChI is InChI=1S/C7H13F2NO2.ClH/c1-2-12-7(11)5(3-4-10)6(8)9;/h5-6H,2-4,10H2,1H3;1H. The zero-order valence-corrected chi connectivity index (χ0v) is 8.15. The van der Waals surface area contributed by atoms with Gasteiger partial charge in [-0.05, 0) is 19.9 Å². The first kappa shape index (κ1) is 15.1. The highest BCUT2D eigenvalue weighted by atomic mass is 35.5. The summed E-state index contributed by atoms with van der Waals surface area (Å²) in [6.45, 7) is 1.75. The van der Waals surface area contributed by atoms with Gasteiger partial charge in [0.2, 0.25) is 0 Å². The molecule has 0 aromatic rings. The fourth-order valence-corrected chi connectivity index (χ4v) is 0.776. The Bertz CT molecular complexity index is 146. The topological polar surface area (TPSA) is 52.3 Å². The van der Waals surface area contributed by atoms with Crippen molar-refractivity contribution in [3.8, 4) is 0 Å². The Morgan fingerprint density at radius 1 is 1.54 bits per heavy atom. The van der Waals surface area contributed by atoms with E-state index in [1.165, 1.54) is 0 Å². The van der Waals surface area contributed by atoms with Crippen LogP contribution in [-0.2, 0) is 9.53 Å². The lowest BCUT2D eigenvalue weighted by Gasteiger charge is -2.12. The Kier molecular flexibility index (Phi) is 9.50. The SMILES string of the molecule is CCOC(=O)C(CCN)C(F)F.Cl. The predicted molar refractivity (Wildman–Crippen MR) is 47.0 cm³/mol. The minimum absolute atomic E-state index is 0. The van der Waals surface area contributed by atoms with Gasteiger partial charge in [0.25, 0.3) is 6.43 Å². The van der Waals surface area contributed by atoms with E-state index in [1.54, 1.807) is 6.92 Å². The van der Waals surface area contributed by atoms with Crippen molar-refractivity contribution in [2.24, 2.45) is 11.7 Å². The van der Waals surface area contributed by atoms with Gasteiger partial charge in [-0.25, -0.2) is 8.78 Å². The molecule has 0 aliphatic carbocycles. The number of hydrogen-bond donors (Lipinski definition) is 1. The molecule has 13 heavy (non-hydrogen) atoms. The molecule has 0 rings (SSSR count). The first-order valence-electron chi connectivity index (χ1n) is 3.78. The van der Waals surface area contributed by atoms with Crippen molar-refractivity contribution < 1.29 is 18.3 Å². The van der Waals surface area contributed by atoms with Crippen molar-refractivity contribution in [1.82, 2.24) is 0 Å². The Labute approximate surface area is 82.0 Å². The Morgan fingerprint density at radius 2 is 2.08 bits per heavy atom. The number of alkyl halides is 2. The van der Waals surface area contributed by atoms with E-state index in [9.17, 15) is 13.6 Å². The third-order valence-electron chi connectivity index (χ3n) is 1.37. The van der Waals surface area contributed by atoms with Crippen LogP contribution in [0, 0.1) is 5.92 Å². The van der Waals surface area contributed by atoms with Gasteiger partial charge in [0.15, 0.2) is 0 Å². The summed E-state index contributed by atoms with van der Waals surface area (Å²) in [5, 5.41) is 0. The molecule has 80 valence electrons. The molecule has 0 bridgehead atoms. The molecule has 1 atom stereocenters. The van der Waals surface area contributed by atoms with Crippen LogP contribution < -0.4 is 5.73 Å². The summed E-state index contributed by atoms with van der Waals surface area (Å²) in [6, 6.07) is 0. The summed E-state index contributed by atoms with van der Waals surface area (Å²) < 4.78 is 28.7. The third-order valence-corrected chi connectivity index (χ3v) is 1.37. The number of carbonyl (C=O) groups is 1. The zero-order chi connectivity index (χ0) is 9.56. The van der Waals surface area contributed by atoms with Gasteiger partial charge in [-0.15, -0.1) is 12.4 Å². The number of halogens is 3. The summed E-state index contributed by atoms with van der Waals surface area (Å²) in [4.78, 5) is 10.8. The summed E-state index contributed by atoms with van der Waals surface area (Å²) in [5.41, 5.74) is 5.06. The van der Waals surface area contributed by atoms with Crippen LogP contribution in [0.3, 0.4) is 0 Å². The van der Waals surface area contributed by atoms with E-state index < -0.39 is 18.3 Å². The van der Waals surface area contributed by atoms with Gasteiger partial charge in [0.05, 0.1) is 6.61 Å². The Hall–Kier alpha value is -0.420. The fourth-order valence-electron chi connectivity index (χ4n) is 0.776. The molecule has 0 saturated heterocycles. The molecule has 1 unspecified atom stereocenters. The van der Waals surface area contributed by atoms with Crippen LogP contribution in [0.2, 0.25) is 0 Å². The van der Waals surface area contributed by atoms with E-state index in [0.717, 1.165) is 0 Å². The number of ether oxygens (including phenoxy) is 1. The first-order valence-corrected chi connectivity index (χ1v) is 3.78. The van der Waals surface area contributed by atoms with Crippen LogP contribution in [0.25, 0.3) is 0 Å². The molecule has 0 saturated carbocycles. The van der Waals surface area contributed by atoms with Crippen LogP contribution in [0.5, 0.6) is 0 Å². The van der Waals surface area contributed by atoms with E-state index in [-0.39, 0.29) is 32.0 Å². The highest BCUT2D eigenvalue weighted by Crippen LogP contribution is 2.14. The summed E-state index contributed by atoms with van der Waals surface area (Å²) >= 11 is 0. The van der Waals surface area contributed by atoms with Crippen molar-refractivity contribution in [3.63, 3.8) is 0 Å². The summed E-state index contributed by atoms with van der Waals surface area (Å²) in [6.07, 6.45) is -2.72. The Balaban J connectivity index is 0. The highest BCUT2D eigenvalue weighted by molar-refractivity contribution is 5.85. The second-order valence-corrected chi connectivity index (χ2v) is 2.27. The normalized spacial score (nSPS) is 12.1. The van der Waals surface area contributed by atoms with Crippen LogP contribution in [0.1, 0.15) is 13.3 Å². The van der Waals surface area contributed by atoms with Gasteiger partial charge in [-0.3, -0.25) is 4.79 Å². The molecule has 0 fully saturated rings. The van der Waals surface area contributed by atoms with E-state index in [4.69, 9.17) is 5.73 Å². The largest absolute Gasteiger partial charge is 0.466 e. The van der Waals surface area contributed by atoms with Gasteiger partial charge < -0.3 is 10.5 Å². The molecule has 6 heteroatoms. The second-order valence-electron chi connectivity index (χ2n) is 2.27. The first-order chi connectivity index (χ1) is 5.63. The van der Waals surface area contributed by atoms with Crippen molar-refractivity contribution in [3.05, 3.63) is 0 Å². The van der Waals surface area contributed by atoms with Gasteiger partial charge in [-0.2, -0.15) is 0 Å². The van der Waals surface area contributed by atoms with Crippen LogP contribution in [0.4, 0.5) is 8.78 Å². The Morgan fingerprint density at radius 3 is 2.38 bits per heavy atom. The predicted octanol–water partition coefficient (Wildman–Crippen LogP) is 1.20. The van der Waals surface area contributed by atoms with E-state index in [2.05, 4.69) is 4.74 Å². The van der Waals surface area contributed by atoms with E-state index in [1.807, 2.05) is 0 Å². The minimum atomic E-state index is -2.69. The maximum Gasteiger partial charge on any atom is 0.314 e. The lowest BCUT2D eigenvalue weighted by atomic mass is 10.1. The lowest BCUT2D eigenvalue weighted by Crippen LogP contribution is -2.27. The summed E-state index contributed by atoms with van der Waals surface area (Å²) in [5.74, 6) is -2.23. The molecule has 0 amide bonds. The minimum Gasteiger partial charge on any atom is -0.466 e. The molecule has 0 aromatic heterocycles. The van der Waals surface area contributed by atoms with Crippen molar-refractivity contribution in [2.75, 3.05) is 13.2 Å². The van der Waals surface area contributed by atoms with Gasteiger partial charge >= 0.3 is 5.97 Å². The molecule has 0 spiro atoms. The quantitative estimate of drug-likeness (QED) is 0.704. The molecule has 0 heterocycles. The van der Waals surface area contributed by atoms with Crippen molar-refractivity contribution >= 4 is 18.4 Å². The molecule has 3 nitrogen and oxygen atoms in total. The van der Waals surface area contributed by atoms with Crippen LogP contribution in [0.15, 0.2) is 0 Å². The average Bonchev–Trinajstić information content (AvgIpc) is 1.99. The van der Waals surface area contributed by atoms with Crippen LogP contribution in [-0.4, -0.2) is 25.5 Å². The van der Waals surface area contributed by atoms with Gasteiger partial charge in [-0.1, -0.05) is 0 Å². The highest BCUT2D eigenvalue weighted by Gasteiger charge is 2.28. The summed E-state index contributed by atoms with van der Waals surface area (Å²) in [7, 11) is 0. The molecular formula is C7H14ClF2NO2. The number of rotatable bonds is 5. The van der Waals surface area contributed by atoms with E-state index >= 15 is 0 Å². The third kappa shape index (κ3) is 5.76. The van der Waals surface area contributed by atoms with Gasteiger partial charge in [0.1, 0.15) is 5.92 Å². The number of nitrogens with two attached hydrogens (primary N) is 1. The molecule has 0 aliphatic heterocycles. The van der Waals surface area contributed by atoms with Crippen LogP contribution >= 0.6 is 12.4 Å². The number of esters is 1. The molecule has 0 radical (unpaired) electrons. The maximum atomic E-state index is 12.1. The molecule has 0 aliphatic rings. The maximum absolute atomic E-state index is 12.1. The van der Waals surface area contributed by atoms with Crippen molar-refractivity contribution in [2.45, 2.75) is 19.8 Å². The van der Waals surface area contributed by atoms with Crippen molar-refractivity contribution in [1.29, 1.82) is 0 Å². The number of hydrogen-bond acceptors (Lipinski definition) is 3. The smallest absolute Gasteiger partial charge is 0.314 e. The second kappa shape index (κ2) is 8.19. The average molecular weight is 218 g/mol. The molecular weight excluding hydrogens is 204 g/mol. The zero-order valence-electron chi connectivity index (χ0n) is 7.33. The number of carbonyl (C=O) groups excluding carboxylic acids is 1. The monoisotopic (exact) mass is 217 g/mol. The molecule has 0 aromatic carbocycles. The lowest BCUT2D eigenvalue weighted by molar-refractivity contribution is -0.153. The van der Waals surface area contributed by atoms with E-state index in [0.29, 0.717) is 0 Å². The fraction of sp³-hybridized carbons (Fsp3) is 0.857. The molecule has 2 N–H and O–H groups in total. The van der Waals surface area contributed by atoms with Gasteiger partial charge in [0, 0.05) is 0 Å².